The second kappa shape index (κ2) is 8.46. The number of carbonyl (C=O) groups is 3. The summed E-state index contributed by atoms with van der Waals surface area (Å²) in [7, 11) is 0. The van der Waals surface area contributed by atoms with Crippen LogP contribution < -0.4 is 16.4 Å². The van der Waals surface area contributed by atoms with Gasteiger partial charge in [-0.15, -0.1) is 11.3 Å². The minimum Gasteiger partial charge on any atom is -0.369 e. The number of aromatic nitrogens is 1. The van der Waals surface area contributed by atoms with Gasteiger partial charge in [-0.2, -0.15) is 0 Å². The van der Waals surface area contributed by atoms with Crippen LogP contribution in [0.25, 0.3) is 0 Å². The van der Waals surface area contributed by atoms with E-state index in [2.05, 4.69) is 15.6 Å². The number of para-hydroxylation sites is 1. The third kappa shape index (κ3) is 5.67. The first kappa shape index (κ1) is 18.0. The third-order valence-electron chi connectivity index (χ3n) is 2.82. The fourth-order valence-corrected chi connectivity index (χ4v) is 3.80. The van der Waals surface area contributed by atoms with Crippen molar-refractivity contribution in [1.82, 2.24) is 10.3 Å². The van der Waals surface area contributed by atoms with Crippen molar-refractivity contribution < 1.29 is 14.4 Å². The Morgan fingerprint density at radius 2 is 1.96 bits per heavy atom. The number of nitrogens with two attached hydrogens (primary N) is 1. The van der Waals surface area contributed by atoms with Crippen molar-refractivity contribution in [2.24, 2.45) is 5.73 Å². The van der Waals surface area contributed by atoms with Crippen LogP contribution in [0.4, 0.5) is 10.5 Å². The van der Waals surface area contributed by atoms with Crippen molar-refractivity contribution >= 4 is 46.6 Å². The number of anilines is 1. The molecule has 0 atom stereocenters. The van der Waals surface area contributed by atoms with Crippen LogP contribution in [0.3, 0.4) is 0 Å². The molecule has 2 aromatic rings. The van der Waals surface area contributed by atoms with Gasteiger partial charge in [0.15, 0.2) is 4.34 Å². The van der Waals surface area contributed by atoms with E-state index < -0.39 is 17.8 Å². The summed E-state index contributed by atoms with van der Waals surface area (Å²) in [5, 5.41) is 4.81. The van der Waals surface area contributed by atoms with Gasteiger partial charge in [-0.25, -0.2) is 9.78 Å². The van der Waals surface area contributed by atoms with E-state index >= 15 is 0 Å². The average Bonchev–Trinajstić information content (AvgIpc) is 2.85. The molecule has 0 radical (unpaired) electrons. The number of thioether (sulfide) groups is 1. The number of aryl methyl sites for hydroxylation is 1. The molecule has 4 N–H and O–H groups in total. The standard InChI is InChI=1S/C15H16N4O3S2/c1-9-11(7-12(16)20)24-15(17-9)23-8-13(21)19-14(22)18-10-5-3-2-4-6-10/h2-6H,7-8H2,1H3,(H2,16,20)(H2,18,19,21,22). The zero-order valence-electron chi connectivity index (χ0n) is 12.9. The second-order valence-corrected chi connectivity index (χ2v) is 7.09. The van der Waals surface area contributed by atoms with Gasteiger partial charge in [-0.1, -0.05) is 30.0 Å². The van der Waals surface area contributed by atoms with Crippen molar-refractivity contribution in [2.75, 3.05) is 11.1 Å². The Balaban J connectivity index is 1.80. The van der Waals surface area contributed by atoms with Crippen molar-refractivity contribution in [2.45, 2.75) is 17.7 Å². The molecule has 1 aromatic heterocycles. The number of carbonyl (C=O) groups excluding carboxylic acids is 3. The van der Waals surface area contributed by atoms with E-state index in [0.717, 1.165) is 10.6 Å². The normalized spacial score (nSPS) is 10.2. The fourth-order valence-electron chi connectivity index (χ4n) is 1.76. The molecule has 0 aliphatic rings. The zero-order valence-corrected chi connectivity index (χ0v) is 14.5. The highest BCUT2D eigenvalue weighted by Crippen LogP contribution is 2.27. The molecule has 0 spiro atoms. The molecule has 7 nitrogen and oxygen atoms in total. The van der Waals surface area contributed by atoms with Crippen LogP contribution in [-0.2, 0) is 16.0 Å². The third-order valence-corrected chi connectivity index (χ3v) is 5.12. The Labute approximate surface area is 147 Å². The number of rotatable bonds is 6. The molecule has 1 aromatic carbocycles. The van der Waals surface area contributed by atoms with E-state index in [1.54, 1.807) is 31.2 Å². The number of urea groups is 1. The number of hydrogen-bond acceptors (Lipinski definition) is 6. The Hall–Kier alpha value is -2.39. The summed E-state index contributed by atoms with van der Waals surface area (Å²) in [6, 6.07) is 8.24. The lowest BCUT2D eigenvalue weighted by atomic mass is 10.3. The molecule has 0 fully saturated rings. The summed E-state index contributed by atoms with van der Waals surface area (Å²) in [5.74, 6) is -0.808. The van der Waals surface area contributed by atoms with Gasteiger partial charge in [0, 0.05) is 10.6 Å². The average molecular weight is 364 g/mol. The minimum absolute atomic E-state index is 0.0468. The molecular weight excluding hydrogens is 348 g/mol. The highest BCUT2D eigenvalue weighted by Gasteiger charge is 2.13. The van der Waals surface area contributed by atoms with Gasteiger partial charge in [0.25, 0.3) is 0 Å². The lowest BCUT2D eigenvalue weighted by Gasteiger charge is -2.05. The van der Waals surface area contributed by atoms with E-state index in [-0.39, 0.29) is 12.2 Å². The van der Waals surface area contributed by atoms with Gasteiger partial charge in [0.05, 0.1) is 17.9 Å². The van der Waals surface area contributed by atoms with Crippen molar-refractivity contribution in [3.63, 3.8) is 0 Å². The van der Waals surface area contributed by atoms with Crippen LogP contribution in [0.5, 0.6) is 0 Å². The SMILES string of the molecule is Cc1nc(SCC(=O)NC(=O)Nc2ccccc2)sc1CC(N)=O. The molecule has 0 bridgehead atoms. The zero-order chi connectivity index (χ0) is 17.5. The summed E-state index contributed by atoms with van der Waals surface area (Å²) in [5.41, 5.74) is 6.49. The predicted octanol–water partition coefficient (Wildman–Crippen LogP) is 1.92. The number of nitrogens with one attached hydrogen (secondary N) is 2. The van der Waals surface area contributed by atoms with Crippen LogP contribution in [0.2, 0.25) is 0 Å². The monoisotopic (exact) mass is 364 g/mol. The molecule has 9 heteroatoms. The topological polar surface area (TPSA) is 114 Å². The fraction of sp³-hybridized carbons (Fsp3) is 0.200. The summed E-state index contributed by atoms with van der Waals surface area (Å²) >= 11 is 2.52. The van der Waals surface area contributed by atoms with Crippen LogP contribution in [-0.4, -0.2) is 28.6 Å². The summed E-state index contributed by atoms with van der Waals surface area (Å²) in [4.78, 5) is 39.5. The Bertz CT molecular complexity index is 746. The maximum Gasteiger partial charge on any atom is 0.325 e. The Morgan fingerprint density at radius 1 is 1.25 bits per heavy atom. The van der Waals surface area contributed by atoms with Crippen LogP contribution >= 0.6 is 23.1 Å². The summed E-state index contributed by atoms with van der Waals surface area (Å²) < 4.78 is 0.655. The number of primary amides is 1. The van der Waals surface area contributed by atoms with E-state index in [1.165, 1.54) is 23.1 Å². The number of benzene rings is 1. The lowest BCUT2D eigenvalue weighted by molar-refractivity contribution is -0.118. The smallest absolute Gasteiger partial charge is 0.325 e. The van der Waals surface area contributed by atoms with E-state index in [9.17, 15) is 14.4 Å². The predicted molar refractivity (Wildman–Crippen MR) is 94.1 cm³/mol. The summed E-state index contributed by atoms with van der Waals surface area (Å²) in [6.07, 6.45) is 0.135. The van der Waals surface area contributed by atoms with E-state index in [4.69, 9.17) is 5.73 Å². The van der Waals surface area contributed by atoms with Gasteiger partial charge in [-0.3, -0.25) is 14.9 Å². The molecular formula is C15H16N4O3S2. The van der Waals surface area contributed by atoms with E-state index in [1.807, 2.05) is 6.07 Å². The van der Waals surface area contributed by atoms with Crippen LogP contribution in [0, 0.1) is 6.92 Å². The Morgan fingerprint density at radius 3 is 2.62 bits per heavy atom. The Kier molecular flexibility index (Phi) is 6.33. The van der Waals surface area contributed by atoms with Crippen molar-refractivity contribution in [3.05, 3.63) is 40.9 Å². The first-order valence-electron chi connectivity index (χ1n) is 6.97. The minimum atomic E-state index is -0.587. The number of thiazole rings is 1. The molecule has 126 valence electrons. The van der Waals surface area contributed by atoms with Gasteiger partial charge < -0.3 is 11.1 Å². The first-order chi connectivity index (χ1) is 11.4. The maximum atomic E-state index is 11.8. The van der Waals surface area contributed by atoms with Gasteiger partial charge >= 0.3 is 6.03 Å². The lowest BCUT2D eigenvalue weighted by Crippen LogP contribution is -2.35. The molecule has 0 saturated carbocycles. The number of imide groups is 1. The molecule has 0 aliphatic carbocycles. The second-order valence-electron chi connectivity index (χ2n) is 4.79. The van der Waals surface area contributed by atoms with Gasteiger partial charge in [0.1, 0.15) is 0 Å². The summed E-state index contributed by atoms with van der Waals surface area (Å²) in [6.45, 7) is 1.78. The van der Waals surface area contributed by atoms with E-state index in [0.29, 0.717) is 10.0 Å². The maximum absolute atomic E-state index is 11.8. The molecule has 24 heavy (non-hydrogen) atoms. The van der Waals surface area contributed by atoms with Gasteiger partial charge in [0.2, 0.25) is 11.8 Å². The van der Waals surface area contributed by atoms with Crippen LogP contribution in [0.1, 0.15) is 10.6 Å². The molecule has 2 rings (SSSR count). The number of nitrogens with zero attached hydrogens (tertiary/aromatic N) is 1. The number of amides is 4. The van der Waals surface area contributed by atoms with Crippen molar-refractivity contribution in [3.8, 4) is 0 Å². The molecule has 0 saturated heterocycles. The molecule has 4 amide bonds. The molecule has 0 aliphatic heterocycles. The first-order valence-corrected chi connectivity index (χ1v) is 8.77. The molecule has 0 unspecified atom stereocenters. The quantitative estimate of drug-likeness (QED) is 0.678. The number of hydrogen-bond donors (Lipinski definition) is 3. The van der Waals surface area contributed by atoms with Crippen LogP contribution in [0.15, 0.2) is 34.7 Å². The molecule has 1 heterocycles. The van der Waals surface area contributed by atoms with Crippen molar-refractivity contribution in [1.29, 1.82) is 0 Å². The van der Waals surface area contributed by atoms with Gasteiger partial charge in [-0.05, 0) is 19.1 Å². The largest absolute Gasteiger partial charge is 0.369 e. The highest BCUT2D eigenvalue weighted by atomic mass is 32.2. The highest BCUT2D eigenvalue weighted by molar-refractivity contribution is 8.01.